The summed E-state index contributed by atoms with van der Waals surface area (Å²) in [5.41, 5.74) is -1.78. The van der Waals surface area contributed by atoms with Crippen LogP contribution in [0.15, 0.2) is 35.1 Å². The molecule has 11 heteroatoms. The Morgan fingerprint density at radius 3 is 1.87 bits per heavy atom. The van der Waals surface area contributed by atoms with E-state index in [4.69, 9.17) is 9.47 Å². The molecule has 1 aliphatic carbocycles. The maximum absolute atomic E-state index is 11.9. The maximum atomic E-state index is 11.9. The standard InChI is InChI=1S/C28H47N3O8/c1-4-5-6-7-8-9-10-11-12-13-14-15-16-17-18-31(2,3)21-24-22-38-28(39-24)25(29(34)35)19-23(27(32)33)20-26(28)30(36)37/h19-20,24H,4-18,21-22H2,1-3H3,(H-2,32,33,34,35)/p+2. The maximum Gasteiger partial charge on any atom is 0.365 e. The van der Waals surface area contributed by atoms with E-state index < -0.39 is 44.7 Å². The van der Waals surface area contributed by atoms with Crippen LogP contribution in [0, 0.1) is 15.0 Å². The third-order valence-corrected chi connectivity index (χ3v) is 7.54. The van der Waals surface area contributed by atoms with Crippen molar-refractivity contribution in [3.63, 3.8) is 0 Å². The largest absolute Gasteiger partial charge is 0.481 e. The van der Waals surface area contributed by atoms with Gasteiger partial charge in [-0.3, -0.25) is 10.1 Å². The highest BCUT2D eigenvalue weighted by Crippen LogP contribution is 2.42. The van der Waals surface area contributed by atoms with Crippen LogP contribution in [0.5, 0.6) is 0 Å². The summed E-state index contributed by atoms with van der Waals surface area (Å²) in [6.07, 6.45) is 19.3. The number of nitro groups is 1. The predicted octanol–water partition coefficient (Wildman–Crippen LogP) is 6.21. The van der Waals surface area contributed by atoms with Crippen LogP contribution in [0.3, 0.4) is 0 Å². The summed E-state index contributed by atoms with van der Waals surface area (Å²) in [6, 6.07) is 0. The van der Waals surface area contributed by atoms with Crippen LogP contribution in [0.1, 0.15) is 96.8 Å². The fraction of sp³-hybridized carbons (Fsp3) is 0.786. The number of unbranched alkanes of at least 4 members (excludes halogenated alkanes) is 13. The first kappa shape index (κ1) is 32.7. The zero-order valence-electron chi connectivity index (χ0n) is 24.0. The number of rotatable bonds is 19. The molecule has 39 heavy (non-hydrogen) atoms. The molecule has 1 saturated heterocycles. The molecule has 2 atom stereocenters. The summed E-state index contributed by atoms with van der Waals surface area (Å²) in [7, 11) is 4.10. The van der Waals surface area contributed by atoms with Crippen LogP contribution in [-0.2, 0) is 9.47 Å². The number of nitrogens with zero attached hydrogens (tertiary/aromatic N) is 3. The monoisotopic (exact) mass is 555 g/mol. The van der Waals surface area contributed by atoms with Gasteiger partial charge in [0.25, 0.3) is 10.9 Å². The SMILES string of the molecule is CCCCCCCCCCCCCCCC[N+](C)(C)CC1COC2(O1)C([N+](=O)[O-])=CC(=C(O)O)C=C2[N+](=O)O. The van der Waals surface area contributed by atoms with Gasteiger partial charge in [0.05, 0.1) is 42.7 Å². The number of ether oxygens (including phenoxy) is 2. The molecule has 1 heterocycles. The number of likely N-dealkylation sites (N-methyl/N-ethyl adjacent to an activating group) is 1. The molecule has 1 fully saturated rings. The molecule has 222 valence electrons. The van der Waals surface area contributed by atoms with E-state index in [1.165, 1.54) is 77.0 Å². The molecule has 11 nitrogen and oxygen atoms in total. The van der Waals surface area contributed by atoms with Gasteiger partial charge in [-0.05, 0) is 12.8 Å². The van der Waals surface area contributed by atoms with E-state index >= 15 is 0 Å². The molecule has 0 saturated carbocycles. The van der Waals surface area contributed by atoms with Crippen LogP contribution in [0.25, 0.3) is 0 Å². The number of allylic oxidation sites excluding steroid dienone is 3. The number of quaternary nitrogens is 1. The van der Waals surface area contributed by atoms with Crippen molar-refractivity contribution in [2.45, 2.75) is 109 Å². The number of hydrogen-bond donors (Lipinski definition) is 3. The van der Waals surface area contributed by atoms with Gasteiger partial charge in [0.1, 0.15) is 12.6 Å². The second-order valence-electron chi connectivity index (χ2n) is 11.5. The molecular weight excluding hydrogens is 506 g/mol. The molecular formula is C28H49N3O8+2. The van der Waals surface area contributed by atoms with Gasteiger partial charge >= 0.3 is 17.2 Å². The highest BCUT2D eigenvalue weighted by Gasteiger charge is 2.65. The van der Waals surface area contributed by atoms with E-state index in [-0.39, 0.29) is 6.61 Å². The van der Waals surface area contributed by atoms with Crippen molar-refractivity contribution in [2.24, 2.45) is 0 Å². The molecule has 2 aliphatic rings. The summed E-state index contributed by atoms with van der Waals surface area (Å²) < 4.78 is 12.2. The molecule has 1 aliphatic heterocycles. The lowest BCUT2D eigenvalue weighted by atomic mass is 9.98. The molecule has 0 aromatic heterocycles. The lowest BCUT2D eigenvalue weighted by molar-refractivity contribution is -0.893. The minimum Gasteiger partial charge on any atom is -0.481 e. The third kappa shape index (κ3) is 10.2. The Morgan fingerprint density at radius 1 is 0.923 bits per heavy atom. The molecule has 0 radical (unpaired) electrons. The molecule has 0 aromatic carbocycles. The summed E-state index contributed by atoms with van der Waals surface area (Å²) in [5, 5.41) is 40.1. The molecule has 0 aromatic rings. The predicted molar refractivity (Wildman–Crippen MR) is 147 cm³/mol. The first-order valence-electron chi connectivity index (χ1n) is 14.5. The van der Waals surface area contributed by atoms with Gasteiger partial charge in [0.15, 0.2) is 0 Å². The molecule has 0 amide bonds. The van der Waals surface area contributed by atoms with E-state index in [2.05, 4.69) is 21.0 Å². The van der Waals surface area contributed by atoms with Crippen LogP contribution in [0.4, 0.5) is 0 Å². The summed E-state index contributed by atoms with van der Waals surface area (Å²) in [4.78, 5) is 22.2. The first-order chi connectivity index (χ1) is 18.5. The van der Waals surface area contributed by atoms with E-state index in [1.807, 2.05) is 0 Å². The van der Waals surface area contributed by atoms with Crippen molar-refractivity contribution in [3.05, 3.63) is 50.1 Å². The fourth-order valence-corrected chi connectivity index (χ4v) is 5.39. The van der Waals surface area contributed by atoms with Crippen molar-refractivity contribution in [1.82, 2.24) is 0 Å². The van der Waals surface area contributed by atoms with Crippen LogP contribution < -0.4 is 0 Å². The van der Waals surface area contributed by atoms with Gasteiger partial charge in [-0.25, -0.2) is 5.21 Å². The summed E-state index contributed by atoms with van der Waals surface area (Å²) >= 11 is 0. The second-order valence-corrected chi connectivity index (χ2v) is 11.5. The van der Waals surface area contributed by atoms with Crippen molar-refractivity contribution in [2.75, 3.05) is 33.8 Å². The van der Waals surface area contributed by atoms with E-state index in [0.29, 0.717) is 11.0 Å². The quantitative estimate of drug-likeness (QED) is 0.0561. The van der Waals surface area contributed by atoms with E-state index in [1.54, 1.807) is 0 Å². The lowest BCUT2D eigenvalue weighted by Crippen LogP contribution is -2.48. The van der Waals surface area contributed by atoms with Crippen LogP contribution >= 0.6 is 0 Å². The average Bonchev–Trinajstić information content (AvgIpc) is 3.26. The van der Waals surface area contributed by atoms with Crippen LogP contribution in [-0.4, -0.2) is 75.4 Å². The Hall–Kier alpha value is -2.50. The number of aliphatic hydroxyl groups excluding tert-OH is 1. The Morgan fingerprint density at radius 2 is 1.41 bits per heavy atom. The lowest BCUT2D eigenvalue weighted by Gasteiger charge is -2.32. The summed E-state index contributed by atoms with van der Waals surface area (Å²) in [5.74, 6) is -3.47. The molecule has 0 bridgehead atoms. The van der Waals surface area contributed by atoms with E-state index in [9.17, 15) is 30.4 Å². The Bertz CT molecular complexity index is 874. The van der Waals surface area contributed by atoms with Gasteiger partial charge in [0, 0.05) is 12.2 Å². The smallest absolute Gasteiger partial charge is 0.365 e. The summed E-state index contributed by atoms with van der Waals surface area (Å²) in [6.45, 7) is 3.60. The Kier molecular flexibility index (Phi) is 13.4. The van der Waals surface area contributed by atoms with Crippen LogP contribution in [0.2, 0.25) is 0 Å². The third-order valence-electron chi connectivity index (χ3n) is 7.54. The van der Waals surface area contributed by atoms with Gasteiger partial charge in [-0.15, -0.1) is 0 Å². The zero-order valence-corrected chi connectivity index (χ0v) is 24.0. The van der Waals surface area contributed by atoms with Gasteiger partial charge in [-0.2, -0.15) is 0 Å². The fourth-order valence-electron chi connectivity index (χ4n) is 5.39. The average molecular weight is 556 g/mol. The number of hydrogen-bond acceptors (Lipinski definition) is 7. The second kappa shape index (κ2) is 15.9. The Labute approximate surface area is 232 Å². The van der Waals surface area contributed by atoms with Crippen molar-refractivity contribution in [1.29, 1.82) is 0 Å². The van der Waals surface area contributed by atoms with E-state index in [0.717, 1.165) is 31.5 Å². The number of aliphatic hydroxyl groups is 2. The highest BCUT2D eigenvalue weighted by atomic mass is 16.8. The topological polar surface area (TPSA) is 142 Å². The normalized spacial score (nSPS) is 21.2. The minimum atomic E-state index is -2.24. The molecule has 1 spiro atoms. The minimum absolute atomic E-state index is 0.0269. The highest BCUT2D eigenvalue weighted by molar-refractivity contribution is 5.44. The zero-order chi connectivity index (χ0) is 28.9. The van der Waals surface area contributed by atoms with Gasteiger partial charge in [0.2, 0.25) is 0 Å². The van der Waals surface area contributed by atoms with Gasteiger partial charge in [-0.1, -0.05) is 84.0 Å². The van der Waals surface area contributed by atoms with Crippen molar-refractivity contribution < 1.29 is 39.2 Å². The van der Waals surface area contributed by atoms with Crippen molar-refractivity contribution in [3.8, 4) is 0 Å². The van der Waals surface area contributed by atoms with Gasteiger partial charge < -0.3 is 24.2 Å². The molecule has 2 rings (SSSR count). The molecule has 2 unspecified atom stereocenters. The first-order valence-corrected chi connectivity index (χ1v) is 14.5. The van der Waals surface area contributed by atoms with Crippen molar-refractivity contribution >= 4 is 0 Å². The Balaban J connectivity index is 1.73. The molecule has 3 N–H and O–H groups in total.